The number of aromatic nitrogens is 2. The van der Waals surface area contributed by atoms with Crippen LogP contribution in [-0.2, 0) is 16.6 Å². The van der Waals surface area contributed by atoms with Crippen molar-refractivity contribution in [1.82, 2.24) is 19.6 Å². The summed E-state index contributed by atoms with van der Waals surface area (Å²) >= 11 is 1.47. The minimum Gasteiger partial charge on any atom is -0.507 e. The van der Waals surface area contributed by atoms with E-state index in [4.69, 9.17) is 0 Å². The number of likely N-dealkylation sites (tertiary alicyclic amines) is 1. The number of carbonyl (C=O) groups excluding carboxylic acids is 2. The van der Waals surface area contributed by atoms with Crippen molar-refractivity contribution in [3.63, 3.8) is 0 Å². The molecule has 0 aliphatic carbocycles. The highest BCUT2D eigenvalue weighted by Gasteiger charge is 2.46. The predicted molar refractivity (Wildman–Crippen MR) is 105 cm³/mol. The molecule has 8 heteroatoms. The van der Waals surface area contributed by atoms with Gasteiger partial charge in [-0.2, -0.15) is 5.10 Å². The summed E-state index contributed by atoms with van der Waals surface area (Å²) < 4.78 is 1.66. The van der Waals surface area contributed by atoms with E-state index in [1.54, 1.807) is 23.6 Å². The molecule has 0 unspecified atom stereocenters. The quantitative estimate of drug-likeness (QED) is 0.482. The Labute approximate surface area is 162 Å². The third-order valence-electron chi connectivity index (χ3n) is 4.89. The lowest BCUT2D eigenvalue weighted by Gasteiger charge is -2.25. The molecule has 1 amide bonds. The number of carbonyl (C=O) groups is 2. The summed E-state index contributed by atoms with van der Waals surface area (Å²) in [7, 11) is 5.61. The zero-order chi connectivity index (χ0) is 19.9. The Bertz CT molecular complexity index is 912. The Balaban J connectivity index is 2.17. The average molecular weight is 388 g/mol. The van der Waals surface area contributed by atoms with Crippen LogP contribution in [0.25, 0.3) is 5.76 Å². The van der Waals surface area contributed by atoms with E-state index in [0.29, 0.717) is 24.3 Å². The number of aliphatic hydroxyl groups is 1. The van der Waals surface area contributed by atoms with Crippen molar-refractivity contribution in [1.29, 1.82) is 0 Å². The number of likely N-dealkylation sites (N-methyl/N-ethyl adjacent to an activating group) is 1. The normalized spacial score (nSPS) is 19.5. The Morgan fingerprint density at radius 3 is 2.56 bits per heavy atom. The highest BCUT2D eigenvalue weighted by molar-refractivity contribution is 7.10. The number of hydrogen-bond donors (Lipinski definition) is 1. The molecule has 3 rings (SSSR count). The van der Waals surface area contributed by atoms with Gasteiger partial charge < -0.3 is 14.9 Å². The van der Waals surface area contributed by atoms with Gasteiger partial charge in [-0.15, -0.1) is 11.3 Å². The van der Waals surface area contributed by atoms with E-state index < -0.39 is 17.7 Å². The summed E-state index contributed by atoms with van der Waals surface area (Å²) in [5.74, 6) is -1.37. The third kappa shape index (κ3) is 3.30. The van der Waals surface area contributed by atoms with Crippen molar-refractivity contribution in [3.05, 3.63) is 44.9 Å². The van der Waals surface area contributed by atoms with E-state index in [9.17, 15) is 14.7 Å². The molecule has 0 radical (unpaired) electrons. The molecule has 1 saturated heterocycles. The van der Waals surface area contributed by atoms with E-state index in [1.807, 2.05) is 43.4 Å². The molecule has 1 aliphatic rings. The SMILES string of the molecule is Cc1nn(C)c(C)c1/C(O)=C1\C(=O)C(=O)N(CCN(C)C)[C@@H]1c1cccs1. The molecule has 1 fully saturated rings. The van der Waals surface area contributed by atoms with Gasteiger partial charge in [0, 0.05) is 30.7 Å². The Morgan fingerprint density at radius 1 is 1.33 bits per heavy atom. The van der Waals surface area contributed by atoms with Gasteiger partial charge in [0.25, 0.3) is 11.7 Å². The van der Waals surface area contributed by atoms with Crippen LogP contribution in [0.15, 0.2) is 23.1 Å². The first-order valence-corrected chi connectivity index (χ1v) is 9.59. The van der Waals surface area contributed by atoms with Gasteiger partial charge in [0.1, 0.15) is 5.76 Å². The van der Waals surface area contributed by atoms with Gasteiger partial charge in [-0.3, -0.25) is 14.3 Å². The second-order valence-electron chi connectivity index (χ2n) is 6.98. The Kier molecular flexibility index (Phi) is 5.21. The van der Waals surface area contributed by atoms with Crippen LogP contribution in [-0.4, -0.2) is 63.6 Å². The van der Waals surface area contributed by atoms with Gasteiger partial charge >= 0.3 is 0 Å². The first-order chi connectivity index (χ1) is 12.7. The number of ketones is 1. The van der Waals surface area contributed by atoms with Crippen molar-refractivity contribution in [2.24, 2.45) is 7.05 Å². The molecule has 0 bridgehead atoms. The summed E-state index contributed by atoms with van der Waals surface area (Å²) in [4.78, 5) is 30.0. The lowest BCUT2D eigenvalue weighted by atomic mass is 9.99. The van der Waals surface area contributed by atoms with Crippen molar-refractivity contribution in [2.75, 3.05) is 27.2 Å². The van der Waals surface area contributed by atoms with E-state index >= 15 is 0 Å². The minimum atomic E-state index is -0.646. The molecule has 144 valence electrons. The monoisotopic (exact) mass is 388 g/mol. The second-order valence-corrected chi connectivity index (χ2v) is 7.96. The number of rotatable bonds is 5. The first kappa shape index (κ1) is 19.3. The van der Waals surface area contributed by atoms with Crippen LogP contribution in [0, 0.1) is 13.8 Å². The zero-order valence-corrected chi connectivity index (χ0v) is 17.0. The summed E-state index contributed by atoms with van der Waals surface area (Å²) in [6.07, 6.45) is 0. The number of nitrogens with zero attached hydrogens (tertiary/aromatic N) is 4. The number of aryl methyl sites for hydroxylation is 2. The fourth-order valence-electron chi connectivity index (χ4n) is 3.41. The molecule has 0 aromatic carbocycles. The smallest absolute Gasteiger partial charge is 0.295 e. The highest BCUT2D eigenvalue weighted by Crippen LogP contribution is 2.41. The van der Waals surface area contributed by atoms with Crippen molar-refractivity contribution >= 4 is 28.8 Å². The van der Waals surface area contributed by atoms with E-state index in [-0.39, 0.29) is 11.3 Å². The molecule has 2 aromatic heterocycles. The van der Waals surface area contributed by atoms with Gasteiger partial charge in [0.15, 0.2) is 0 Å². The van der Waals surface area contributed by atoms with Gasteiger partial charge in [-0.1, -0.05) is 6.07 Å². The number of Topliss-reactive ketones (excluding diaryl/α,β-unsaturated/α-hetero) is 1. The number of hydrogen-bond acceptors (Lipinski definition) is 6. The average Bonchev–Trinajstić information content (AvgIpc) is 3.26. The topological polar surface area (TPSA) is 78.7 Å². The predicted octanol–water partition coefficient (Wildman–Crippen LogP) is 2.08. The fourth-order valence-corrected chi connectivity index (χ4v) is 4.26. The second kappa shape index (κ2) is 7.28. The summed E-state index contributed by atoms with van der Waals surface area (Å²) in [6.45, 7) is 4.64. The summed E-state index contributed by atoms with van der Waals surface area (Å²) in [6, 6.07) is 3.19. The maximum absolute atomic E-state index is 12.9. The van der Waals surface area contributed by atoms with Gasteiger partial charge in [0.05, 0.1) is 22.9 Å². The molecule has 7 nitrogen and oxygen atoms in total. The van der Waals surface area contributed by atoms with Gasteiger partial charge in [-0.25, -0.2) is 0 Å². The summed E-state index contributed by atoms with van der Waals surface area (Å²) in [5.41, 5.74) is 2.02. The molecule has 1 aliphatic heterocycles. The molecule has 27 heavy (non-hydrogen) atoms. The lowest BCUT2D eigenvalue weighted by molar-refractivity contribution is -0.140. The highest BCUT2D eigenvalue weighted by atomic mass is 32.1. The molecule has 2 aromatic rings. The molecule has 0 saturated carbocycles. The van der Waals surface area contributed by atoms with E-state index in [2.05, 4.69) is 5.10 Å². The molecular formula is C19H24N4O3S. The maximum Gasteiger partial charge on any atom is 0.295 e. The maximum atomic E-state index is 12.9. The van der Waals surface area contributed by atoms with Crippen molar-refractivity contribution in [3.8, 4) is 0 Å². The lowest BCUT2D eigenvalue weighted by Crippen LogP contribution is -2.35. The van der Waals surface area contributed by atoms with E-state index in [1.165, 1.54) is 11.3 Å². The first-order valence-electron chi connectivity index (χ1n) is 8.71. The van der Waals surface area contributed by atoms with Crippen LogP contribution in [0.5, 0.6) is 0 Å². The fraction of sp³-hybridized carbons (Fsp3) is 0.421. The van der Waals surface area contributed by atoms with Gasteiger partial charge in [0.2, 0.25) is 0 Å². The van der Waals surface area contributed by atoms with Gasteiger partial charge in [-0.05, 0) is 39.4 Å². The van der Waals surface area contributed by atoms with Crippen LogP contribution in [0.3, 0.4) is 0 Å². The largest absolute Gasteiger partial charge is 0.507 e. The molecule has 1 atom stereocenters. The zero-order valence-electron chi connectivity index (χ0n) is 16.2. The number of thiophene rings is 1. The van der Waals surface area contributed by atoms with Crippen molar-refractivity contribution < 1.29 is 14.7 Å². The van der Waals surface area contributed by atoms with Crippen LogP contribution < -0.4 is 0 Å². The number of amides is 1. The van der Waals surface area contributed by atoms with Crippen LogP contribution in [0.4, 0.5) is 0 Å². The standard InChI is InChI=1S/C19H24N4O3S/c1-11-14(12(2)22(5)20-11)17(24)15-16(13-7-6-10-27-13)23(9-8-21(3)4)19(26)18(15)25/h6-7,10,16,24H,8-9H2,1-5H3/b17-15+/t16-/m1/s1. The van der Waals surface area contributed by atoms with Crippen LogP contribution >= 0.6 is 11.3 Å². The van der Waals surface area contributed by atoms with E-state index in [0.717, 1.165) is 10.6 Å². The minimum absolute atomic E-state index is 0.139. The molecule has 0 spiro atoms. The third-order valence-corrected chi connectivity index (χ3v) is 5.81. The Hall–Kier alpha value is -2.45. The molecular weight excluding hydrogens is 364 g/mol. The molecule has 3 heterocycles. The van der Waals surface area contributed by atoms with Crippen molar-refractivity contribution in [2.45, 2.75) is 19.9 Å². The molecule has 1 N–H and O–H groups in total. The van der Waals surface area contributed by atoms with Crippen LogP contribution in [0.1, 0.15) is 27.9 Å². The van der Waals surface area contributed by atoms with Crippen LogP contribution in [0.2, 0.25) is 0 Å². The number of aliphatic hydroxyl groups excluding tert-OH is 1. The summed E-state index contributed by atoms with van der Waals surface area (Å²) in [5, 5.41) is 17.3. The Morgan fingerprint density at radius 2 is 2.04 bits per heavy atom.